The van der Waals surface area contributed by atoms with Gasteiger partial charge >= 0.3 is 0 Å². The van der Waals surface area contributed by atoms with E-state index in [9.17, 15) is 4.79 Å². The number of halogens is 2. The summed E-state index contributed by atoms with van der Waals surface area (Å²) in [6.45, 7) is 2.00. The van der Waals surface area contributed by atoms with Crippen molar-refractivity contribution in [3.8, 4) is 0 Å². The van der Waals surface area contributed by atoms with Gasteiger partial charge in [0, 0.05) is 21.3 Å². The lowest BCUT2D eigenvalue weighted by Gasteiger charge is -2.15. The zero-order valence-electron chi connectivity index (χ0n) is 10.3. The SMILES string of the molecule is CCC(NC(=O)c1ccc(Br)cc1Br)c1ncc[nH]1. The molecule has 100 valence electrons. The van der Waals surface area contributed by atoms with Gasteiger partial charge in [-0.05, 0) is 40.5 Å². The number of imidazole rings is 1. The van der Waals surface area contributed by atoms with Crippen LogP contribution in [0.1, 0.15) is 35.6 Å². The number of nitrogens with one attached hydrogen (secondary N) is 2. The van der Waals surface area contributed by atoms with E-state index in [1.807, 2.05) is 19.1 Å². The Morgan fingerprint density at radius 3 is 2.84 bits per heavy atom. The lowest BCUT2D eigenvalue weighted by Crippen LogP contribution is -2.29. The highest BCUT2D eigenvalue weighted by atomic mass is 79.9. The van der Waals surface area contributed by atoms with Crippen LogP contribution in [0.5, 0.6) is 0 Å². The maximum atomic E-state index is 12.2. The predicted octanol–water partition coefficient (Wildman–Crippen LogP) is 3.82. The maximum absolute atomic E-state index is 12.2. The molecule has 2 aromatic rings. The summed E-state index contributed by atoms with van der Waals surface area (Å²) in [5.41, 5.74) is 0.605. The molecule has 0 radical (unpaired) electrons. The average molecular weight is 387 g/mol. The molecule has 0 spiro atoms. The van der Waals surface area contributed by atoms with Crippen LogP contribution in [0.15, 0.2) is 39.5 Å². The van der Waals surface area contributed by atoms with E-state index in [1.54, 1.807) is 18.5 Å². The second kappa shape index (κ2) is 6.34. The van der Waals surface area contributed by atoms with E-state index >= 15 is 0 Å². The molecule has 2 N–H and O–H groups in total. The minimum absolute atomic E-state index is 0.113. The first-order valence-corrected chi connectivity index (χ1v) is 7.45. The van der Waals surface area contributed by atoms with Gasteiger partial charge in [0.1, 0.15) is 5.82 Å². The van der Waals surface area contributed by atoms with E-state index < -0.39 is 0 Å². The molecule has 1 atom stereocenters. The first-order valence-electron chi connectivity index (χ1n) is 5.87. The fourth-order valence-corrected chi connectivity index (χ4v) is 2.97. The van der Waals surface area contributed by atoms with Crippen molar-refractivity contribution in [1.29, 1.82) is 0 Å². The molecule has 0 aliphatic rings. The first-order chi connectivity index (χ1) is 9.11. The van der Waals surface area contributed by atoms with E-state index in [0.29, 0.717) is 5.56 Å². The molecular formula is C13H13Br2N3O. The zero-order chi connectivity index (χ0) is 13.8. The third-order valence-electron chi connectivity index (χ3n) is 2.74. The molecule has 0 saturated carbocycles. The molecule has 0 bridgehead atoms. The van der Waals surface area contributed by atoms with Gasteiger partial charge < -0.3 is 10.3 Å². The second-order valence-electron chi connectivity index (χ2n) is 4.03. The number of aromatic nitrogens is 2. The van der Waals surface area contributed by atoms with Gasteiger partial charge in [-0.25, -0.2) is 4.98 Å². The number of carbonyl (C=O) groups excluding carboxylic acids is 1. The molecule has 1 amide bonds. The number of amides is 1. The van der Waals surface area contributed by atoms with Gasteiger partial charge in [-0.3, -0.25) is 4.79 Å². The lowest BCUT2D eigenvalue weighted by atomic mass is 10.1. The van der Waals surface area contributed by atoms with Crippen molar-refractivity contribution < 1.29 is 4.79 Å². The Morgan fingerprint density at radius 2 is 2.26 bits per heavy atom. The second-order valence-corrected chi connectivity index (χ2v) is 5.80. The molecule has 0 aliphatic carbocycles. The van der Waals surface area contributed by atoms with Gasteiger partial charge in [-0.1, -0.05) is 22.9 Å². The Balaban J connectivity index is 2.16. The molecule has 2 rings (SSSR count). The largest absolute Gasteiger partial charge is 0.347 e. The van der Waals surface area contributed by atoms with Crippen molar-refractivity contribution in [3.63, 3.8) is 0 Å². The van der Waals surface area contributed by atoms with Crippen molar-refractivity contribution in [2.24, 2.45) is 0 Å². The van der Waals surface area contributed by atoms with Crippen LogP contribution in [0.3, 0.4) is 0 Å². The Hall–Kier alpha value is -1.14. The molecule has 1 unspecified atom stereocenters. The van der Waals surface area contributed by atoms with E-state index in [2.05, 4.69) is 47.1 Å². The van der Waals surface area contributed by atoms with Crippen molar-refractivity contribution in [1.82, 2.24) is 15.3 Å². The van der Waals surface area contributed by atoms with E-state index in [1.165, 1.54) is 0 Å². The van der Waals surface area contributed by atoms with Crippen molar-refractivity contribution >= 4 is 37.8 Å². The number of H-pyrrole nitrogens is 1. The Bertz CT molecular complexity index is 569. The minimum atomic E-state index is -0.123. The number of carbonyl (C=O) groups is 1. The van der Waals surface area contributed by atoms with Gasteiger partial charge in [0.25, 0.3) is 5.91 Å². The van der Waals surface area contributed by atoms with Crippen molar-refractivity contribution in [2.45, 2.75) is 19.4 Å². The Kier molecular flexibility index (Phi) is 4.76. The smallest absolute Gasteiger partial charge is 0.253 e. The molecule has 0 saturated heterocycles. The first kappa shape index (κ1) is 14.3. The molecule has 4 nitrogen and oxygen atoms in total. The molecule has 1 aromatic carbocycles. The summed E-state index contributed by atoms with van der Waals surface area (Å²) in [4.78, 5) is 19.4. The van der Waals surface area contributed by atoms with Crippen molar-refractivity contribution in [3.05, 3.63) is 50.9 Å². The van der Waals surface area contributed by atoms with Crippen LogP contribution in [0.4, 0.5) is 0 Å². The van der Waals surface area contributed by atoms with Crippen LogP contribution in [0, 0.1) is 0 Å². The molecule has 6 heteroatoms. The summed E-state index contributed by atoms with van der Waals surface area (Å²) in [6, 6.07) is 5.35. The summed E-state index contributed by atoms with van der Waals surface area (Å²) in [5.74, 6) is 0.645. The normalized spacial score (nSPS) is 12.2. The van der Waals surface area contributed by atoms with Crippen LogP contribution >= 0.6 is 31.9 Å². The summed E-state index contributed by atoms with van der Waals surface area (Å²) in [7, 11) is 0. The predicted molar refractivity (Wildman–Crippen MR) is 80.9 cm³/mol. The highest BCUT2D eigenvalue weighted by Crippen LogP contribution is 2.23. The van der Waals surface area contributed by atoms with Gasteiger partial charge in [-0.15, -0.1) is 0 Å². The summed E-state index contributed by atoms with van der Waals surface area (Å²) in [6.07, 6.45) is 4.20. The number of hydrogen-bond donors (Lipinski definition) is 2. The number of benzene rings is 1. The lowest BCUT2D eigenvalue weighted by molar-refractivity contribution is 0.0933. The third kappa shape index (κ3) is 3.45. The van der Waals surface area contributed by atoms with Gasteiger partial charge in [0.05, 0.1) is 11.6 Å². The van der Waals surface area contributed by atoms with E-state index in [4.69, 9.17) is 0 Å². The highest BCUT2D eigenvalue weighted by Gasteiger charge is 2.17. The summed E-state index contributed by atoms with van der Waals surface area (Å²) in [5, 5.41) is 2.97. The minimum Gasteiger partial charge on any atom is -0.347 e. The molecule has 1 heterocycles. The fraction of sp³-hybridized carbons (Fsp3) is 0.231. The van der Waals surface area contributed by atoms with Crippen LogP contribution in [-0.4, -0.2) is 15.9 Å². The summed E-state index contributed by atoms with van der Waals surface area (Å²) >= 11 is 6.76. The topological polar surface area (TPSA) is 57.8 Å². The molecule has 19 heavy (non-hydrogen) atoms. The van der Waals surface area contributed by atoms with Crippen LogP contribution < -0.4 is 5.32 Å². The van der Waals surface area contributed by atoms with Crippen molar-refractivity contribution in [2.75, 3.05) is 0 Å². The van der Waals surface area contributed by atoms with Crippen LogP contribution in [-0.2, 0) is 0 Å². The van der Waals surface area contributed by atoms with Gasteiger partial charge in [-0.2, -0.15) is 0 Å². The number of rotatable bonds is 4. The van der Waals surface area contributed by atoms with Crippen LogP contribution in [0.25, 0.3) is 0 Å². The molecule has 1 aromatic heterocycles. The van der Waals surface area contributed by atoms with E-state index in [0.717, 1.165) is 21.2 Å². The molecule has 0 fully saturated rings. The zero-order valence-corrected chi connectivity index (χ0v) is 13.5. The number of aromatic amines is 1. The number of hydrogen-bond acceptors (Lipinski definition) is 2. The Labute approximate surface area is 128 Å². The molecular weight excluding hydrogens is 374 g/mol. The standard InChI is InChI=1S/C13H13Br2N3O/c1-2-11(12-16-5-6-17-12)18-13(19)9-4-3-8(14)7-10(9)15/h3-7,11H,2H2,1H3,(H,16,17)(H,18,19). The maximum Gasteiger partial charge on any atom is 0.253 e. The monoisotopic (exact) mass is 385 g/mol. The van der Waals surface area contributed by atoms with E-state index in [-0.39, 0.29) is 11.9 Å². The Morgan fingerprint density at radius 1 is 1.47 bits per heavy atom. The summed E-state index contributed by atoms with van der Waals surface area (Å²) < 4.78 is 1.68. The highest BCUT2D eigenvalue weighted by molar-refractivity contribution is 9.11. The van der Waals surface area contributed by atoms with Gasteiger partial charge in [0.15, 0.2) is 0 Å². The quantitative estimate of drug-likeness (QED) is 0.839. The van der Waals surface area contributed by atoms with Gasteiger partial charge in [0.2, 0.25) is 0 Å². The average Bonchev–Trinajstić information content (AvgIpc) is 2.89. The third-order valence-corrected chi connectivity index (χ3v) is 3.89. The van der Waals surface area contributed by atoms with Crippen LogP contribution in [0.2, 0.25) is 0 Å². The fourth-order valence-electron chi connectivity index (χ4n) is 1.74. The number of nitrogens with zero attached hydrogens (tertiary/aromatic N) is 1. The molecule has 0 aliphatic heterocycles.